The van der Waals surface area contributed by atoms with Crippen LogP contribution in [0.4, 0.5) is 10.1 Å². The van der Waals surface area contributed by atoms with Gasteiger partial charge in [0.25, 0.3) is 0 Å². The minimum atomic E-state index is -0.963. The van der Waals surface area contributed by atoms with E-state index in [1.807, 2.05) is 0 Å². The molecule has 0 aliphatic heterocycles. The first-order valence-electron chi connectivity index (χ1n) is 5.38. The van der Waals surface area contributed by atoms with Gasteiger partial charge in [-0.05, 0) is 18.6 Å². The molecule has 5 nitrogen and oxygen atoms in total. The smallest absolute Gasteiger partial charge is 0.303 e. The molecule has 0 heterocycles. The van der Waals surface area contributed by atoms with Gasteiger partial charge in [0.15, 0.2) is 0 Å². The SMILES string of the molecule is COc1ccc(F)c(NC(=O)CCCC(=O)O)c1. The maximum absolute atomic E-state index is 13.4. The van der Waals surface area contributed by atoms with Crippen LogP contribution in [0, 0.1) is 5.82 Å². The van der Waals surface area contributed by atoms with Gasteiger partial charge >= 0.3 is 5.97 Å². The van der Waals surface area contributed by atoms with Gasteiger partial charge < -0.3 is 15.2 Å². The Kier molecular flexibility index (Phi) is 5.10. The van der Waals surface area contributed by atoms with Gasteiger partial charge in [-0.3, -0.25) is 9.59 Å². The van der Waals surface area contributed by atoms with Crippen molar-refractivity contribution in [1.82, 2.24) is 0 Å². The molecule has 0 aliphatic carbocycles. The number of carbonyl (C=O) groups is 2. The number of hydrogen-bond acceptors (Lipinski definition) is 3. The topological polar surface area (TPSA) is 75.6 Å². The molecule has 0 aromatic heterocycles. The summed E-state index contributed by atoms with van der Waals surface area (Å²) in [6.07, 6.45) is 0.156. The molecule has 0 spiro atoms. The molecule has 18 heavy (non-hydrogen) atoms. The lowest BCUT2D eigenvalue weighted by Gasteiger charge is -2.07. The van der Waals surface area contributed by atoms with Crippen LogP contribution in [0.3, 0.4) is 0 Å². The molecule has 1 aromatic carbocycles. The molecule has 2 N–H and O–H groups in total. The molecule has 0 atom stereocenters. The number of amides is 1. The second-order valence-electron chi connectivity index (χ2n) is 3.64. The number of benzene rings is 1. The zero-order valence-electron chi connectivity index (χ0n) is 9.90. The number of nitrogens with one attached hydrogen (secondary N) is 1. The molecule has 0 radical (unpaired) electrons. The minimum absolute atomic E-state index is 0.0228. The molecule has 6 heteroatoms. The van der Waals surface area contributed by atoms with E-state index in [9.17, 15) is 14.0 Å². The zero-order chi connectivity index (χ0) is 13.5. The monoisotopic (exact) mass is 255 g/mol. The van der Waals surface area contributed by atoms with E-state index in [0.717, 1.165) is 0 Å². The van der Waals surface area contributed by atoms with E-state index in [1.54, 1.807) is 0 Å². The first kappa shape index (κ1) is 14.0. The standard InChI is InChI=1S/C12H14FNO4/c1-18-8-5-6-9(13)10(7-8)14-11(15)3-2-4-12(16)17/h5-7H,2-4H2,1H3,(H,14,15)(H,16,17). The van der Waals surface area contributed by atoms with E-state index in [1.165, 1.54) is 25.3 Å². The Balaban J connectivity index is 2.55. The van der Waals surface area contributed by atoms with Crippen molar-refractivity contribution < 1.29 is 23.8 Å². The predicted molar refractivity (Wildman–Crippen MR) is 63.1 cm³/mol. The van der Waals surface area contributed by atoms with Crippen LogP contribution in [0.25, 0.3) is 0 Å². The molecule has 98 valence electrons. The van der Waals surface area contributed by atoms with Gasteiger partial charge in [-0.1, -0.05) is 0 Å². The molecule has 1 amide bonds. The minimum Gasteiger partial charge on any atom is -0.497 e. The van der Waals surface area contributed by atoms with Crippen LogP contribution in [-0.2, 0) is 9.59 Å². The zero-order valence-corrected chi connectivity index (χ0v) is 9.90. The molecule has 0 bridgehead atoms. The van der Waals surface area contributed by atoms with Gasteiger partial charge in [0.2, 0.25) is 5.91 Å². The fourth-order valence-corrected chi connectivity index (χ4v) is 1.34. The molecule has 0 saturated carbocycles. The van der Waals surface area contributed by atoms with Crippen molar-refractivity contribution in [3.63, 3.8) is 0 Å². The van der Waals surface area contributed by atoms with Crippen LogP contribution >= 0.6 is 0 Å². The Morgan fingerprint density at radius 2 is 2.11 bits per heavy atom. The van der Waals surface area contributed by atoms with Crippen molar-refractivity contribution in [2.24, 2.45) is 0 Å². The highest BCUT2D eigenvalue weighted by molar-refractivity contribution is 5.91. The fraction of sp³-hybridized carbons (Fsp3) is 0.333. The molecule has 1 aromatic rings. The average molecular weight is 255 g/mol. The molecule has 0 unspecified atom stereocenters. The highest BCUT2D eigenvalue weighted by Gasteiger charge is 2.09. The summed E-state index contributed by atoms with van der Waals surface area (Å²) >= 11 is 0. The van der Waals surface area contributed by atoms with Crippen LogP contribution in [0.5, 0.6) is 5.75 Å². The van der Waals surface area contributed by atoms with Crippen LogP contribution < -0.4 is 10.1 Å². The third-order valence-electron chi connectivity index (χ3n) is 2.24. The van der Waals surface area contributed by atoms with E-state index in [4.69, 9.17) is 9.84 Å². The van der Waals surface area contributed by atoms with Gasteiger partial charge in [0, 0.05) is 18.9 Å². The number of methoxy groups -OCH3 is 1. The molecule has 0 saturated heterocycles. The summed E-state index contributed by atoms with van der Waals surface area (Å²) in [7, 11) is 1.44. The van der Waals surface area contributed by atoms with E-state index < -0.39 is 17.7 Å². The van der Waals surface area contributed by atoms with Gasteiger partial charge in [-0.2, -0.15) is 0 Å². The number of ether oxygens (including phenoxy) is 1. The maximum Gasteiger partial charge on any atom is 0.303 e. The first-order chi connectivity index (χ1) is 8.52. The van der Waals surface area contributed by atoms with Crippen LogP contribution in [0.15, 0.2) is 18.2 Å². The second kappa shape index (κ2) is 6.58. The van der Waals surface area contributed by atoms with Gasteiger partial charge in [0.05, 0.1) is 12.8 Å². The summed E-state index contributed by atoms with van der Waals surface area (Å²) in [5.74, 6) is -1.53. The summed E-state index contributed by atoms with van der Waals surface area (Å²) in [5, 5.41) is 10.8. The van der Waals surface area contributed by atoms with Crippen molar-refractivity contribution in [3.05, 3.63) is 24.0 Å². The number of hydrogen-bond donors (Lipinski definition) is 2. The Labute approximate surface area is 104 Å². The summed E-state index contributed by atoms with van der Waals surface area (Å²) in [4.78, 5) is 21.7. The Hall–Kier alpha value is -2.11. The number of anilines is 1. The fourth-order valence-electron chi connectivity index (χ4n) is 1.34. The lowest BCUT2D eigenvalue weighted by molar-refractivity contribution is -0.137. The van der Waals surface area contributed by atoms with Gasteiger partial charge in [0.1, 0.15) is 11.6 Å². The van der Waals surface area contributed by atoms with Crippen molar-refractivity contribution >= 4 is 17.6 Å². The Bertz CT molecular complexity index is 448. The third kappa shape index (κ3) is 4.40. The number of aliphatic carboxylic acids is 1. The molecular weight excluding hydrogens is 241 g/mol. The lowest BCUT2D eigenvalue weighted by Crippen LogP contribution is -2.13. The highest BCUT2D eigenvalue weighted by atomic mass is 19.1. The number of carboxylic acids is 1. The lowest BCUT2D eigenvalue weighted by atomic mass is 10.2. The summed E-state index contributed by atoms with van der Waals surface area (Å²) in [6, 6.07) is 3.99. The highest BCUT2D eigenvalue weighted by Crippen LogP contribution is 2.21. The first-order valence-corrected chi connectivity index (χ1v) is 5.38. The molecule has 1 rings (SSSR count). The molecule has 0 aliphatic rings. The van der Waals surface area contributed by atoms with Crippen molar-refractivity contribution in [3.8, 4) is 5.75 Å². The number of carboxylic acid groups (broad SMARTS) is 1. The summed E-state index contributed by atoms with van der Waals surface area (Å²) in [6.45, 7) is 0. The third-order valence-corrected chi connectivity index (χ3v) is 2.24. The van der Waals surface area contributed by atoms with Crippen LogP contribution in [-0.4, -0.2) is 24.1 Å². The van der Waals surface area contributed by atoms with E-state index in [2.05, 4.69) is 5.32 Å². The Morgan fingerprint density at radius 3 is 2.72 bits per heavy atom. The number of rotatable bonds is 6. The summed E-state index contributed by atoms with van der Waals surface area (Å²) < 4.78 is 18.3. The Morgan fingerprint density at radius 1 is 1.39 bits per heavy atom. The second-order valence-corrected chi connectivity index (χ2v) is 3.64. The maximum atomic E-state index is 13.4. The van der Waals surface area contributed by atoms with Crippen LogP contribution in [0.1, 0.15) is 19.3 Å². The van der Waals surface area contributed by atoms with E-state index >= 15 is 0 Å². The molecule has 0 fully saturated rings. The van der Waals surface area contributed by atoms with Crippen LogP contribution in [0.2, 0.25) is 0 Å². The number of halogens is 1. The van der Waals surface area contributed by atoms with Crippen molar-refractivity contribution in [2.75, 3.05) is 12.4 Å². The number of carbonyl (C=O) groups excluding carboxylic acids is 1. The van der Waals surface area contributed by atoms with Crippen molar-refractivity contribution in [1.29, 1.82) is 0 Å². The normalized spacial score (nSPS) is 9.89. The largest absolute Gasteiger partial charge is 0.497 e. The molecular formula is C12H14FNO4. The predicted octanol–water partition coefficient (Wildman–Crippen LogP) is 2.03. The van der Waals surface area contributed by atoms with Gasteiger partial charge in [-0.15, -0.1) is 0 Å². The quantitative estimate of drug-likeness (QED) is 0.815. The van der Waals surface area contributed by atoms with Gasteiger partial charge in [-0.25, -0.2) is 4.39 Å². The van der Waals surface area contributed by atoms with Crippen molar-refractivity contribution in [2.45, 2.75) is 19.3 Å². The average Bonchev–Trinajstić information content (AvgIpc) is 2.31. The summed E-state index contributed by atoms with van der Waals surface area (Å²) in [5.41, 5.74) is 0.0228. The van der Waals surface area contributed by atoms with E-state index in [-0.39, 0.29) is 24.9 Å². The van der Waals surface area contributed by atoms with E-state index in [0.29, 0.717) is 5.75 Å².